The number of rotatable bonds is 7. The van der Waals surface area contributed by atoms with E-state index in [1.165, 1.54) is 0 Å². The van der Waals surface area contributed by atoms with Crippen LogP contribution in [0.1, 0.15) is 18.6 Å². The molecule has 0 spiro atoms. The molecule has 166 valence electrons. The van der Waals surface area contributed by atoms with Crippen molar-refractivity contribution in [3.8, 4) is 0 Å². The van der Waals surface area contributed by atoms with E-state index < -0.39 is 23.3 Å². The van der Waals surface area contributed by atoms with Crippen molar-refractivity contribution in [1.29, 1.82) is 0 Å². The highest BCUT2D eigenvalue weighted by atomic mass is 32.2. The number of hydrogen-bond acceptors (Lipinski definition) is 6. The summed E-state index contributed by atoms with van der Waals surface area (Å²) < 4.78 is 42.3. The summed E-state index contributed by atoms with van der Waals surface area (Å²) in [6, 6.07) is 18.0. The number of aliphatic hydroxyl groups is 1. The molecule has 1 aromatic heterocycles. The summed E-state index contributed by atoms with van der Waals surface area (Å²) in [7, 11) is -1.50. The van der Waals surface area contributed by atoms with E-state index in [9.17, 15) is 22.5 Å². The summed E-state index contributed by atoms with van der Waals surface area (Å²) in [4.78, 5) is 9.07. The van der Waals surface area contributed by atoms with Gasteiger partial charge in [0.1, 0.15) is 16.8 Å². The van der Waals surface area contributed by atoms with Gasteiger partial charge in [-0.05, 0) is 35.9 Å². The molecule has 0 aliphatic heterocycles. The predicted octanol–water partition coefficient (Wildman–Crippen LogP) is 3.92. The summed E-state index contributed by atoms with van der Waals surface area (Å²) in [6.45, 7) is 0.518. The SMILES string of the molecule is CC(F)(F)F.NS(=O)c1ccc(Nc2nccc(NCC(O)c3ccccc3)n2)cc1. The number of halogens is 3. The third-order valence-corrected chi connectivity index (χ3v) is 4.40. The van der Waals surface area contributed by atoms with Gasteiger partial charge in [0, 0.05) is 25.4 Å². The number of nitrogens with zero attached hydrogens (tertiary/aromatic N) is 2. The van der Waals surface area contributed by atoms with E-state index in [2.05, 4.69) is 20.6 Å². The smallest absolute Gasteiger partial charge is 0.386 e. The molecule has 0 saturated carbocycles. The van der Waals surface area contributed by atoms with Crippen LogP contribution in [0.5, 0.6) is 0 Å². The Labute approximate surface area is 180 Å². The normalized spacial score (nSPS) is 12.8. The largest absolute Gasteiger partial charge is 0.387 e. The molecule has 2 unspecified atom stereocenters. The van der Waals surface area contributed by atoms with E-state index in [1.807, 2.05) is 30.3 Å². The maximum absolute atomic E-state index is 11.2. The van der Waals surface area contributed by atoms with E-state index >= 15 is 0 Å². The number of benzene rings is 2. The van der Waals surface area contributed by atoms with Crippen LogP contribution < -0.4 is 15.8 Å². The van der Waals surface area contributed by atoms with Gasteiger partial charge >= 0.3 is 6.18 Å². The first-order valence-electron chi connectivity index (χ1n) is 9.02. The molecule has 0 aliphatic carbocycles. The number of aliphatic hydroxyl groups excluding tert-OH is 1. The van der Waals surface area contributed by atoms with Crippen LogP contribution in [0.4, 0.5) is 30.6 Å². The molecule has 1 heterocycles. The van der Waals surface area contributed by atoms with Crippen LogP contribution in [0.2, 0.25) is 0 Å². The van der Waals surface area contributed by atoms with Gasteiger partial charge in [-0.2, -0.15) is 18.2 Å². The number of anilines is 3. The third-order valence-electron chi connectivity index (χ3n) is 3.66. The van der Waals surface area contributed by atoms with Gasteiger partial charge < -0.3 is 15.7 Å². The average molecular weight is 453 g/mol. The molecule has 11 heteroatoms. The number of alkyl halides is 3. The Balaban J connectivity index is 0.000000614. The van der Waals surface area contributed by atoms with Gasteiger partial charge in [-0.1, -0.05) is 30.3 Å². The predicted molar refractivity (Wildman–Crippen MR) is 114 cm³/mol. The highest BCUT2D eigenvalue weighted by Crippen LogP contribution is 2.17. The van der Waals surface area contributed by atoms with Crippen molar-refractivity contribution >= 4 is 28.4 Å². The second kappa shape index (κ2) is 11.4. The van der Waals surface area contributed by atoms with Crippen molar-refractivity contribution in [2.45, 2.75) is 24.1 Å². The first-order chi connectivity index (χ1) is 14.6. The number of nitrogens with two attached hydrogens (primary N) is 1. The summed E-state index contributed by atoms with van der Waals surface area (Å²) >= 11 is 0. The minimum Gasteiger partial charge on any atom is -0.387 e. The molecule has 0 amide bonds. The molecule has 5 N–H and O–H groups in total. The van der Waals surface area contributed by atoms with Crippen molar-refractivity contribution in [2.24, 2.45) is 5.14 Å². The standard InChI is InChI=1S/C18H19N5O2S.C2H3F3/c19-26(25)15-8-6-14(7-9-15)22-18-20-11-10-17(23-18)21-12-16(24)13-4-2-1-3-5-13;1-2(3,4)5/h1-11,16,24H,12,19H2,(H2,20,21,22,23);1H3. The number of hydrogen-bond donors (Lipinski definition) is 4. The Morgan fingerprint density at radius 3 is 2.29 bits per heavy atom. The molecule has 0 radical (unpaired) electrons. The second-order valence-electron chi connectivity index (χ2n) is 6.30. The van der Waals surface area contributed by atoms with Crippen LogP contribution in [0.25, 0.3) is 0 Å². The van der Waals surface area contributed by atoms with Crippen LogP contribution in [-0.2, 0) is 11.0 Å². The molecule has 0 bridgehead atoms. The highest BCUT2D eigenvalue weighted by molar-refractivity contribution is 7.82. The monoisotopic (exact) mass is 453 g/mol. The molecule has 2 aromatic carbocycles. The van der Waals surface area contributed by atoms with Gasteiger partial charge in [-0.3, -0.25) is 0 Å². The van der Waals surface area contributed by atoms with Gasteiger partial charge in [0.2, 0.25) is 5.95 Å². The Morgan fingerprint density at radius 1 is 1.10 bits per heavy atom. The molecular weight excluding hydrogens is 431 g/mol. The van der Waals surface area contributed by atoms with Crippen LogP contribution in [0, 0.1) is 0 Å². The lowest BCUT2D eigenvalue weighted by Crippen LogP contribution is -2.13. The lowest BCUT2D eigenvalue weighted by molar-refractivity contribution is -0.110. The minimum absolute atomic E-state index is 0.188. The fraction of sp³-hybridized carbons (Fsp3) is 0.200. The summed E-state index contributed by atoms with van der Waals surface area (Å²) in [5.74, 6) is 1.00. The maximum atomic E-state index is 11.2. The van der Waals surface area contributed by atoms with E-state index in [0.29, 0.717) is 23.2 Å². The number of aromatic nitrogens is 2. The van der Waals surface area contributed by atoms with E-state index in [1.54, 1.807) is 36.5 Å². The van der Waals surface area contributed by atoms with Gasteiger partial charge in [0.15, 0.2) is 0 Å². The number of nitrogens with one attached hydrogen (secondary N) is 2. The van der Waals surface area contributed by atoms with Crippen molar-refractivity contribution in [1.82, 2.24) is 9.97 Å². The Morgan fingerprint density at radius 2 is 1.71 bits per heavy atom. The zero-order valence-electron chi connectivity index (χ0n) is 16.5. The first-order valence-corrected chi connectivity index (χ1v) is 10.2. The molecule has 0 saturated heterocycles. The molecule has 0 fully saturated rings. The Hall–Kier alpha value is -3.02. The summed E-state index contributed by atoms with van der Waals surface area (Å²) in [6.07, 6.45) is -3.01. The topological polar surface area (TPSA) is 113 Å². The maximum Gasteiger partial charge on any atom is 0.386 e. The molecule has 0 aliphatic rings. The van der Waals surface area contributed by atoms with Crippen molar-refractivity contribution in [2.75, 3.05) is 17.2 Å². The first kappa shape index (κ1) is 24.3. The van der Waals surface area contributed by atoms with E-state index in [-0.39, 0.29) is 6.92 Å². The summed E-state index contributed by atoms with van der Waals surface area (Å²) in [5, 5.41) is 21.7. The van der Waals surface area contributed by atoms with Crippen LogP contribution in [-0.4, -0.2) is 32.0 Å². The molecule has 7 nitrogen and oxygen atoms in total. The zero-order valence-corrected chi connectivity index (χ0v) is 17.3. The Kier molecular flexibility index (Phi) is 8.91. The lowest BCUT2D eigenvalue weighted by atomic mass is 10.1. The van der Waals surface area contributed by atoms with Gasteiger partial charge in [0.05, 0.1) is 11.0 Å². The van der Waals surface area contributed by atoms with Crippen LogP contribution >= 0.6 is 0 Å². The van der Waals surface area contributed by atoms with E-state index in [4.69, 9.17) is 5.14 Å². The highest BCUT2D eigenvalue weighted by Gasteiger charge is 2.15. The zero-order chi connectivity index (χ0) is 22.9. The molecule has 31 heavy (non-hydrogen) atoms. The van der Waals surface area contributed by atoms with Gasteiger partial charge in [0.25, 0.3) is 0 Å². The second-order valence-corrected chi connectivity index (χ2v) is 7.37. The molecular formula is C20H22F3N5O2S. The van der Waals surface area contributed by atoms with E-state index in [0.717, 1.165) is 11.3 Å². The fourth-order valence-corrected chi connectivity index (χ4v) is 2.72. The van der Waals surface area contributed by atoms with Gasteiger partial charge in [-0.25, -0.2) is 14.3 Å². The lowest BCUT2D eigenvalue weighted by Gasteiger charge is -2.13. The molecule has 3 aromatic rings. The average Bonchev–Trinajstić information content (AvgIpc) is 2.72. The summed E-state index contributed by atoms with van der Waals surface area (Å²) in [5.41, 5.74) is 1.59. The third kappa shape index (κ3) is 9.55. The van der Waals surface area contributed by atoms with Gasteiger partial charge in [-0.15, -0.1) is 0 Å². The van der Waals surface area contributed by atoms with Crippen molar-refractivity contribution < 1.29 is 22.5 Å². The van der Waals surface area contributed by atoms with Crippen molar-refractivity contribution in [3.63, 3.8) is 0 Å². The molecule has 3 rings (SSSR count). The van der Waals surface area contributed by atoms with Crippen molar-refractivity contribution in [3.05, 3.63) is 72.4 Å². The van der Waals surface area contributed by atoms with Crippen LogP contribution in [0.3, 0.4) is 0 Å². The van der Waals surface area contributed by atoms with Crippen LogP contribution in [0.15, 0.2) is 71.8 Å². The Bertz CT molecular complexity index is 967. The minimum atomic E-state index is -4.00. The fourth-order valence-electron chi connectivity index (χ4n) is 2.31. The molecule has 2 atom stereocenters. The quantitative estimate of drug-likeness (QED) is 0.431.